The van der Waals surface area contributed by atoms with E-state index in [9.17, 15) is 9.59 Å². The number of carbonyl (C=O) groups excluding carboxylic acids is 2. The van der Waals surface area contributed by atoms with Crippen LogP contribution in [0.15, 0.2) is 84.4 Å². The quantitative estimate of drug-likeness (QED) is 0.308. The van der Waals surface area contributed by atoms with Crippen LogP contribution >= 0.6 is 0 Å². The number of nitrogens with zero attached hydrogens (tertiary/aromatic N) is 2. The molecule has 1 aliphatic carbocycles. The number of hydrogen-bond acceptors (Lipinski definition) is 5. The summed E-state index contributed by atoms with van der Waals surface area (Å²) in [5, 5.41) is 4.65. The van der Waals surface area contributed by atoms with Crippen molar-refractivity contribution < 1.29 is 19.1 Å². The SMILES string of the molecule is COc1ccc(Oc2c(C=C3C(=O)c4ccccc4C3=O)c(C)nn2-c2ccccc2)cc1. The molecular weight excluding hydrogens is 416 g/mol. The fourth-order valence-electron chi connectivity index (χ4n) is 3.83. The highest BCUT2D eigenvalue weighted by molar-refractivity contribution is 6.41. The molecule has 0 saturated heterocycles. The first-order valence-electron chi connectivity index (χ1n) is 10.4. The molecule has 33 heavy (non-hydrogen) atoms. The predicted molar refractivity (Wildman–Crippen MR) is 124 cm³/mol. The zero-order chi connectivity index (χ0) is 22.9. The number of carbonyl (C=O) groups is 2. The summed E-state index contributed by atoms with van der Waals surface area (Å²) in [6.45, 7) is 1.82. The van der Waals surface area contributed by atoms with Crippen LogP contribution in [0.3, 0.4) is 0 Å². The third-order valence-electron chi connectivity index (χ3n) is 5.53. The number of rotatable bonds is 5. The predicted octanol–water partition coefficient (Wildman–Crippen LogP) is 5.44. The Labute approximate surface area is 190 Å². The molecule has 0 radical (unpaired) electrons. The second kappa shape index (κ2) is 8.24. The van der Waals surface area contributed by atoms with E-state index in [-0.39, 0.29) is 17.1 Å². The van der Waals surface area contributed by atoms with Gasteiger partial charge in [-0.15, -0.1) is 0 Å². The van der Waals surface area contributed by atoms with Gasteiger partial charge in [-0.3, -0.25) is 9.59 Å². The van der Waals surface area contributed by atoms with Crippen LogP contribution in [0, 0.1) is 6.92 Å². The number of ketones is 2. The van der Waals surface area contributed by atoms with E-state index < -0.39 is 0 Å². The largest absolute Gasteiger partial charge is 0.497 e. The molecule has 0 unspecified atom stereocenters. The van der Waals surface area contributed by atoms with E-state index in [1.165, 1.54) is 0 Å². The smallest absolute Gasteiger partial charge is 0.230 e. The number of fused-ring (bicyclic) bond motifs is 1. The molecule has 5 rings (SSSR count). The van der Waals surface area contributed by atoms with E-state index in [0.29, 0.717) is 39.8 Å². The van der Waals surface area contributed by atoms with Gasteiger partial charge < -0.3 is 9.47 Å². The fraction of sp³-hybridized carbons (Fsp3) is 0.0741. The lowest BCUT2D eigenvalue weighted by molar-refractivity contribution is 0.0990. The zero-order valence-electron chi connectivity index (χ0n) is 18.1. The lowest BCUT2D eigenvalue weighted by Gasteiger charge is -2.11. The fourth-order valence-corrected chi connectivity index (χ4v) is 3.83. The van der Waals surface area contributed by atoms with Gasteiger partial charge in [0.05, 0.1) is 29.6 Å². The lowest BCUT2D eigenvalue weighted by atomic mass is 10.1. The summed E-state index contributed by atoms with van der Waals surface area (Å²) in [6.07, 6.45) is 1.59. The van der Waals surface area contributed by atoms with Crippen LogP contribution < -0.4 is 9.47 Å². The summed E-state index contributed by atoms with van der Waals surface area (Å²) in [5.74, 6) is 1.10. The first-order valence-corrected chi connectivity index (χ1v) is 10.4. The van der Waals surface area contributed by atoms with Crippen molar-refractivity contribution in [2.24, 2.45) is 0 Å². The van der Waals surface area contributed by atoms with Crippen molar-refractivity contribution in [2.75, 3.05) is 7.11 Å². The van der Waals surface area contributed by atoms with E-state index in [0.717, 1.165) is 5.69 Å². The van der Waals surface area contributed by atoms with Gasteiger partial charge in [0.25, 0.3) is 0 Å². The number of hydrogen-bond donors (Lipinski definition) is 0. The molecule has 0 bridgehead atoms. The molecule has 3 aromatic carbocycles. The van der Waals surface area contributed by atoms with E-state index >= 15 is 0 Å². The molecule has 0 atom stereocenters. The topological polar surface area (TPSA) is 70.4 Å². The zero-order valence-corrected chi connectivity index (χ0v) is 18.1. The molecule has 6 heteroatoms. The average Bonchev–Trinajstić information content (AvgIpc) is 3.29. The first kappa shape index (κ1) is 20.5. The molecule has 4 aromatic rings. The molecule has 0 amide bonds. The van der Waals surface area contributed by atoms with Crippen LogP contribution in [0.5, 0.6) is 17.4 Å². The minimum atomic E-state index is -0.294. The average molecular weight is 436 g/mol. The Morgan fingerprint density at radius 2 is 1.36 bits per heavy atom. The van der Waals surface area contributed by atoms with Crippen LogP contribution in [-0.2, 0) is 0 Å². The van der Waals surface area contributed by atoms with Gasteiger partial charge in [0.1, 0.15) is 11.5 Å². The molecule has 6 nitrogen and oxygen atoms in total. The number of allylic oxidation sites excluding steroid dienone is 1. The first-order chi connectivity index (χ1) is 16.1. The van der Waals surface area contributed by atoms with Crippen molar-refractivity contribution in [1.29, 1.82) is 0 Å². The molecule has 1 heterocycles. The summed E-state index contributed by atoms with van der Waals surface area (Å²) in [7, 11) is 1.60. The number of methoxy groups -OCH3 is 1. The highest BCUT2D eigenvalue weighted by atomic mass is 16.5. The second-order valence-electron chi connectivity index (χ2n) is 7.59. The second-order valence-corrected chi connectivity index (χ2v) is 7.59. The maximum atomic E-state index is 13.0. The summed E-state index contributed by atoms with van der Waals surface area (Å²) < 4.78 is 13.1. The molecule has 162 valence electrons. The third kappa shape index (κ3) is 3.61. The van der Waals surface area contributed by atoms with Gasteiger partial charge in [0, 0.05) is 11.1 Å². The summed E-state index contributed by atoms with van der Waals surface area (Å²) in [6, 6.07) is 23.6. The number of ether oxygens (including phenoxy) is 2. The van der Waals surface area contributed by atoms with Gasteiger partial charge in [-0.1, -0.05) is 42.5 Å². The molecule has 0 spiro atoms. The van der Waals surface area contributed by atoms with Crippen LogP contribution in [0.4, 0.5) is 0 Å². The van der Waals surface area contributed by atoms with Crippen molar-refractivity contribution in [3.63, 3.8) is 0 Å². The van der Waals surface area contributed by atoms with Crippen LogP contribution in [0.2, 0.25) is 0 Å². The summed E-state index contributed by atoms with van der Waals surface area (Å²) in [5.41, 5.74) is 2.93. The van der Waals surface area contributed by atoms with Crippen molar-refractivity contribution in [3.8, 4) is 23.1 Å². The maximum absolute atomic E-state index is 13.0. The Hall–Kier alpha value is -4.45. The standard InChI is InChI=1S/C27H20N2O4/c1-17-23(16-24-25(30)21-10-6-7-11-22(21)26(24)31)27(29(28-17)18-8-4-3-5-9-18)33-20-14-12-19(32-2)13-15-20/h3-16H,1-2H3. The van der Waals surface area contributed by atoms with E-state index in [2.05, 4.69) is 5.10 Å². The molecule has 0 fully saturated rings. The van der Waals surface area contributed by atoms with Gasteiger partial charge in [-0.2, -0.15) is 9.78 Å². The monoisotopic (exact) mass is 436 g/mol. The lowest BCUT2D eigenvalue weighted by Crippen LogP contribution is -2.02. The Morgan fingerprint density at radius 1 is 0.788 bits per heavy atom. The van der Waals surface area contributed by atoms with Gasteiger partial charge in [-0.05, 0) is 49.4 Å². The van der Waals surface area contributed by atoms with Gasteiger partial charge in [0.2, 0.25) is 5.88 Å². The molecule has 0 N–H and O–H groups in total. The van der Waals surface area contributed by atoms with E-state index in [1.54, 1.807) is 66.4 Å². The Kier molecular flexibility index (Phi) is 5.11. The normalized spacial score (nSPS) is 12.6. The van der Waals surface area contributed by atoms with Crippen molar-refractivity contribution >= 4 is 17.6 Å². The Morgan fingerprint density at radius 3 is 1.97 bits per heavy atom. The van der Waals surface area contributed by atoms with Crippen molar-refractivity contribution in [1.82, 2.24) is 9.78 Å². The Bertz CT molecular complexity index is 1360. The number of Topliss-reactive ketones (excluding diaryl/α,β-unsaturated/α-hetero) is 2. The highest BCUT2D eigenvalue weighted by Gasteiger charge is 2.33. The number of para-hydroxylation sites is 1. The number of aryl methyl sites for hydroxylation is 1. The van der Waals surface area contributed by atoms with E-state index in [1.807, 2.05) is 37.3 Å². The number of aromatic nitrogens is 2. The maximum Gasteiger partial charge on any atom is 0.230 e. The molecular formula is C27H20N2O4. The minimum Gasteiger partial charge on any atom is -0.497 e. The summed E-state index contributed by atoms with van der Waals surface area (Å²) >= 11 is 0. The van der Waals surface area contributed by atoms with Crippen LogP contribution in [-0.4, -0.2) is 28.5 Å². The Balaban J connectivity index is 1.64. The van der Waals surface area contributed by atoms with Crippen LogP contribution in [0.1, 0.15) is 32.0 Å². The third-order valence-corrected chi connectivity index (χ3v) is 5.53. The molecule has 0 saturated carbocycles. The van der Waals surface area contributed by atoms with Gasteiger partial charge >= 0.3 is 0 Å². The number of benzene rings is 3. The molecule has 0 aliphatic heterocycles. The summed E-state index contributed by atoms with van der Waals surface area (Å²) in [4.78, 5) is 25.9. The van der Waals surface area contributed by atoms with Crippen LogP contribution in [0.25, 0.3) is 11.8 Å². The van der Waals surface area contributed by atoms with Crippen molar-refractivity contribution in [2.45, 2.75) is 6.92 Å². The van der Waals surface area contributed by atoms with Gasteiger partial charge in [0.15, 0.2) is 11.6 Å². The van der Waals surface area contributed by atoms with Crippen molar-refractivity contribution in [3.05, 3.63) is 107 Å². The highest BCUT2D eigenvalue weighted by Crippen LogP contribution is 2.35. The molecule has 1 aliphatic rings. The minimum absolute atomic E-state index is 0.103. The van der Waals surface area contributed by atoms with Gasteiger partial charge in [-0.25, -0.2) is 0 Å². The van der Waals surface area contributed by atoms with E-state index in [4.69, 9.17) is 9.47 Å². The molecule has 1 aromatic heterocycles.